The minimum atomic E-state index is -0.652. The Kier molecular flexibility index (Phi) is 3.87. The maximum atomic E-state index is 10.4. The lowest BCUT2D eigenvalue weighted by molar-refractivity contribution is -0.125. The lowest BCUT2D eigenvalue weighted by atomic mass is 10.3. The summed E-state index contributed by atoms with van der Waals surface area (Å²) in [4.78, 5) is 20.8. The molecular weight excluding hydrogens is 152 g/mol. The van der Waals surface area contributed by atoms with Crippen LogP contribution in [0.5, 0.6) is 0 Å². The monoisotopic (exact) mass is 162 g/mol. The highest BCUT2D eigenvalue weighted by Crippen LogP contribution is 1.85. The van der Waals surface area contributed by atoms with Crippen molar-refractivity contribution >= 4 is 24.4 Å². The van der Waals surface area contributed by atoms with Crippen molar-refractivity contribution in [2.24, 2.45) is 5.73 Å². The van der Waals surface area contributed by atoms with Crippen LogP contribution >= 0.6 is 12.6 Å². The van der Waals surface area contributed by atoms with Gasteiger partial charge in [-0.2, -0.15) is 12.6 Å². The Hall–Kier alpha value is -0.710. The van der Waals surface area contributed by atoms with Crippen LogP contribution in [-0.4, -0.2) is 23.6 Å². The molecule has 0 saturated carbocycles. The molecule has 3 N–H and O–H groups in total. The van der Waals surface area contributed by atoms with E-state index in [4.69, 9.17) is 5.73 Å². The van der Waals surface area contributed by atoms with E-state index in [1.807, 2.05) is 0 Å². The molecule has 0 saturated heterocycles. The van der Waals surface area contributed by atoms with E-state index in [0.717, 1.165) is 0 Å². The molecule has 0 aromatic carbocycles. The molecule has 58 valence electrons. The summed E-state index contributed by atoms with van der Waals surface area (Å²) < 4.78 is 0. The first-order chi connectivity index (χ1) is 4.57. The van der Waals surface area contributed by atoms with Gasteiger partial charge in [-0.25, -0.2) is 0 Å². The maximum absolute atomic E-state index is 10.4. The lowest BCUT2D eigenvalue weighted by Gasteiger charge is -2.09. The number of carbonyl (C=O) groups excluding carboxylic acids is 2. The van der Waals surface area contributed by atoms with Crippen LogP contribution in [0.2, 0.25) is 0 Å². The van der Waals surface area contributed by atoms with Crippen LogP contribution in [-0.2, 0) is 9.59 Å². The molecule has 2 amide bonds. The van der Waals surface area contributed by atoms with Gasteiger partial charge in [0.1, 0.15) is 6.04 Å². The van der Waals surface area contributed by atoms with Crippen LogP contribution in [0.4, 0.5) is 0 Å². The summed E-state index contributed by atoms with van der Waals surface area (Å²) >= 11 is 3.81. The second-order valence-electron chi connectivity index (χ2n) is 1.84. The molecule has 0 aliphatic heterocycles. The van der Waals surface area contributed by atoms with Crippen molar-refractivity contribution in [3.8, 4) is 0 Å². The summed E-state index contributed by atoms with van der Waals surface area (Å²) in [6, 6.07) is -0.652. The smallest absolute Gasteiger partial charge is 0.240 e. The highest BCUT2D eigenvalue weighted by atomic mass is 32.1. The summed E-state index contributed by atoms with van der Waals surface area (Å²) in [5.74, 6) is -0.613. The molecule has 0 aromatic rings. The number of rotatable bonds is 3. The van der Waals surface area contributed by atoms with E-state index in [2.05, 4.69) is 17.9 Å². The average molecular weight is 162 g/mol. The molecule has 0 rings (SSSR count). The van der Waals surface area contributed by atoms with Crippen molar-refractivity contribution in [1.82, 2.24) is 5.32 Å². The fourth-order valence-electron chi connectivity index (χ4n) is 0.452. The van der Waals surface area contributed by atoms with E-state index in [9.17, 15) is 9.59 Å². The molecule has 0 aromatic heterocycles. The topological polar surface area (TPSA) is 72.2 Å². The van der Waals surface area contributed by atoms with E-state index in [0.29, 0.717) is 0 Å². The van der Waals surface area contributed by atoms with Crippen LogP contribution in [0.25, 0.3) is 0 Å². The van der Waals surface area contributed by atoms with Gasteiger partial charge in [0.25, 0.3) is 0 Å². The Morgan fingerprint density at radius 2 is 2.20 bits per heavy atom. The minimum absolute atomic E-state index is 0.231. The number of amides is 2. The zero-order valence-corrected chi connectivity index (χ0v) is 6.52. The van der Waals surface area contributed by atoms with Gasteiger partial charge in [0.15, 0.2) is 0 Å². The van der Waals surface area contributed by atoms with Gasteiger partial charge in [-0.05, 0) is 0 Å². The molecule has 0 fully saturated rings. The van der Waals surface area contributed by atoms with Gasteiger partial charge < -0.3 is 11.1 Å². The highest BCUT2D eigenvalue weighted by molar-refractivity contribution is 7.80. The highest BCUT2D eigenvalue weighted by Gasteiger charge is 2.12. The van der Waals surface area contributed by atoms with Crippen LogP contribution in [0.3, 0.4) is 0 Å². The minimum Gasteiger partial charge on any atom is -0.368 e. The van der Waals surface area contributed by atoms with Gasteiger partial charge >= 0.3 is 0 Å². The van der Waals surface area contributed by atoms with Crippen molar-refractivity contribution in [2.75, 3.05) is 5.75 Å². The first-order valence-corrected chi connectivity index (χ1v) is 3.38. The van der Waals surface area contributed by atoms with Crippen LogP contribution < -0.4 is 11.1 Å². The third kappa shape index (κ3) is 3.34. The number of primary amides is 1. The predicted octanol–water partition coefficient (Wildman–Crippen LogP) is -1.09. The fourth-order valence-corrected chi connectivity index (χ4v) is 0.723. The quantitative estimate of drug-likeness (QED) is 0.461. The number of carbonyl (C=O) groups is 2. The Morgan fingerprint density at radius 1 is 1.70 bits per heavy atom. The average Bonchev–Trinajstić information content (AvgIpc) is 1.81. The summed E-state index contributed by atoms with van der Waals surface area (Å²) in [5, 5.41) is 2.34. The first-order valence-electron chi connectivity index (χ1n) is 2.75. The third-order valence-corrected chi connectivity index (χ3v) is 1.27. The van der Waals surface area contributed by atoms with Gasteiger partial charge in [-0.3, -0.25) is 9.59 Å². The lowest BCUT2D eigenvalue weighted by Crippen LogP contribution is -2.44. The molecule has 4 nitrogen and oxygen atoms in total. The van der Waals surface area contributed by atoms with Gasteiger partial charge in [-0.15, -0.1) is 0 Å². The molecular formula is C5H10N2O2S. The van der Waals surface area contributed by atoms with Crippen molar-refractivity contribution in [3.63, 3.8) is 0 Å². The number of nitrogens with two attached hydrogens (primary N) is 1. The Morgan fingerprint density at radius 3 is 2.30 bits per heavy atom. The number of hydrogen-bond acceptors (Lipinski definition) is 3. The van der Waals surface area contributed by atoms with Crippen LogP contribution in [0, 0.1) is 0 Å². The Bertz CT molecular complexity index is 149. The third-order valence-electron chi connectivity index (χ3n) is 0.904. The van der Waals surface area contributed by atoms with Crippen molar-refractivity contribution in [2.45, 2.75) is 13.0 Å². The summed E-state index contributed by atoms with van der Waals surface area (Å²) in [7, 11) is 0. The Labute approximate surface area is 64.6 Å². The summed E-state index contributed by atoms with van der Waals surface area (Å²) in [6.45, 7) is 1.32. The molecule has 0 bridgehead atoms. The molecule has 5 heteroatoms. The summed E-state index contributed by atoms with van der Waals surface area (Å²) in [5.41, 5.74) is 4.89. The standard InChI is InChI=1S/C5H10N2O2S/c1-3(8)7-4(2-10)5(6)9/h4,10H,2H2,1H3,(H2,6,9)(H,7,8). The first kappa shape index (κ1) is 9.29. The number of nitrogens with one attached hydrogen (secondary N) is 1. The Balaban J connectivity index is 3.83. The van der Waals surface area contributed by atoms with E-state index in [1.165, 1.54) is 6.92 Å². The van der Waals surface area contributed by atoms with Gasteiger partial charge in [-0.1, -0.05) is 0 Å². The second-order valence-corrected chi connectivity index (χ2v) is 2.20. The predicted molar refractivity (Wildman–Crippen MR) is 40.7 cm³/mol. The van der Waals surface area contributed by atoms with Crippen LogP contribution in [0.15, 0.2) is 0 Å². The fraction of sp³-hybridized carbons (Fsp3) is 0.600. The van der Waals surface area contributed by atoms with Crippen molar-refractivity contribution < 1.29 is 9.59 Å². The van der Waals surface area contributed by atoms with Crippen molar-refractivity contribution in [1.29, 1.82) is 0 Å². The maximum Gasteiger partial charge on any atom is 0.240 e. The van der Waals surface area contributed by atoms with Crippen molar-refractivity contribution in [3.05, 3.63) is 0 Å². The molecule has 10 heavy (non-hydrogen) atoms. The summed E-state index contributed by atoms with van der Waals surface area (Å²) in [6.07, 6.45) is 0. The zero-order valence-electron chi connectivity index (χ0n) is 5.63. The number of hydrogen-bond donors (Lipinski definition) is 3. The normalized spacial score (nSPS) is 12.2. The molecule has 1 atom stereocenters. The molecule has 0 radical (unpaired) electrons. The molecule has 0 heterocycles. The van der Waals surface area contributed by atoms with Gasteiger partial charge in [0.05, 0.1) is 0 Å². The van der Waals surface area contributed by atoms with E-state index >= 15 is 0 Å². The van der Waals surface area contributed by atoms with Gasteiger partial charge in [0, 0.05) is 12.7 Å². The zero-order chi connectivity index (χ0) is 8.15. The second kappa shape index (κ2) is 4.16. The number of thiol groups is 1. The SMILES string of the molecule is CC(=O)NC(CS)C(N)=O. The van der Waals surface area contributed by atoms with Gasteiger partial charge in [0.2, 0.25) is 11.8 Å². The molecule has 1 unspecified atom stereocenters. The van der Waals surface area contributed by atoms with E-state index in [1.54, 1.807) is 0 Å². The molecule has 0 aliphatic rings. The van der Waals surface area contributed by atoms with E-state index < -0.39 is 11.9 Å². The van der Waals surface area contributed by atoms with E-state index in [-0.39, 0.29) is 11.7 Å². The molecule has 0 aliphatic carbocycles. The molecule has 0 spiro atoms. The van der Waals surface area contributed by atoms with Crippen LogP contribution in [0.1, 0.15) is 6.92 Å². The largest absolute Gasteiger partial charge is 0.368 e.